The second-order valence-corrected chi connectivity index (χ2v) is 6.90. The number of hydrogen-bond acceptors (Lipinski definition) is 1. The predicted molar refractivity (Wildman–Crippen MR) is 75.1 cm³/mol. The van der Waals surface area contributed by atoms with Gasteiger partial charge in [-0.25, -0.2) is 0 Å². The van der Waals surface area contributed by atoms with E-state index in [1.807, 2.05) is 0 Å². The molecule has 0 aromatic carbocycles. The summed E-state index contributed by atoms with van der Waals surface area (Å²) >= 11 is 0. The Hall–Kier alpha value is -0.790. The molecule has 4 atom stereocenters. The van der Waals surface area contributed by atoms with Crippen LogP contribution >= 0.6 is 0 Å². The molecule has 2 nitrogen and oxygen atoms in total. The van der Waals surface area contributed by atoms with Gasteiger partial charge in [0.05, 0.1) is 0 Å². The summed E-state index contributed by atoms with van der Waals surface area (Å²) in [5.74, 6) is 1.70. The Morgan fingerprint density at radius 2 is 2.17 bits per heavy atom. The Morgan fingerprint density at radius 3 is 2.78 bits per heavy atom. The normalized spacial score (nSPS) is 37.4. The number of hydrogen-bond donors (Lipinski definition) is 1. The fourth-order valence-corrected chi connectivity index (χ4v) is 4.56. The fraction of sp³-hybridized carbons (Fsp3) is 0.812. The van der Waals surface area contributed by atoms with Crippen LogP contribution in [0.5, 0.6) is 0 Å². The van der Waals surface area contributed by atoms with Crippen LogP contribution in [0.15, 0.2) is 12.2 Å². The lowest BCUT2D eigenvalue weighted by molar-refractivity contribution is -0.111. The van der Waals surface area contributed by atoms with Gasteiger partial charge in [-0.1, -0.05) is 32.9 Å². The molecule has 18 heavy (non-hydrogen) atoms. The average Bonchev–Trinajstić information content (AvgIpc) is 2.64. The maximum Gasteiger partial charge on any atom is 0.207 e. The van der Waals surface area contributed by atoms with Crippen LogP contribution in [0.1, 0.15) is 52.9 Å². The fourth-order valence-electron chi connectivity index (χ4n) is 4.56. The number of allylic oxidation sites excluding steroid dienone is 1. The Labute approximate surface area is 111 Å². The smallest absolute Gasteiger partial charge is 0.207 e. The van der Waals surface area contributed by atoms with E-state index in [1.54, 1.807) is 0 Å². The molecule has 2 saturated carbocycles. The molecular weight excluding hydrogens is 222 g/mol. The van der Waals surface area contributed by atoms with E-state index >= 15 is 0 Å². The molecule has 2 aliphatic carbocycles. The van der Waals surface area contributed by atoms with Crippen molar-refractivity contribution in [3.63, 3.8) is 0 Å². The minimum atomic E-state index is 0.309. The highest BCUT2D eigenvalue weighted by Crippen LogP contribution is 2.57. The van der Waals surface area contributed by atoms with Gasteiger partial charge in [-0.2, -0.15) is 0 Å². The van der Waals surface area contributed by atoms with E-state index in [-0.39, 0.29) is 0 Å². The summed E-state index contributed by atoms with van der Waals surface area (Å²) < 4.78 is 0. The molecule has 0 aromatic rings. The van der Waals surface area contributed by atoms with E-state index in [9.17, 15) is 4.79 Å². The first-order chi connectivity index (χ1) is 8.49. The zero-order chi connectivity index (χ0) is 13.3. The van der Waals surface area contributed by atoms with Crippen molar-refractivity contribution in [2.75, 3.05) is 0 Å². The molecule has 0 spiro atoms. The third-order valence-electron chi connectivity index (χ3n) is 5.35. The molecule has 102 valence electrons. The summed E-state index contributed by atoms with van der Waals surface area (Å²) in [5, 5.41) is 3.07. The SMILES string of the molecule is C=C1CCC[C@]2(C)CC[C@@H]([C@@H](NC=O)C(C)C)[C@H]12. The van der Waals surface area contributed by atoms with Crippen molar-refractivity contribution < 1.29 is 4.79 Å². The van der Waals surface area contributed by atoms with Crippen LogP contribution in [0.25, 0.3) is 0 Å². The lowest BCUT2D eigenvalue weighted by Gasteiger charge is -2.42. The van der Waals surface area contributed by atoms with E-state index in [1.165, 1.54) is 37.7 Å². The van der Waals surface area contributed by atoms with Crippen LogP contribution in [0, 0.1) is 23.2 Å². The number of nitrogens with one attached hydrogen (secondary N) is 1. The van der Waals surface area contributed by atoms with Crippen LogP contribution in [-0.2, 0) is 4.79 Å². The van der Waals surface area contributed by atoms with Crippen LogP contribution in [0.2, 0.25) is 0 Å². The molecular formula is C16H27NO. The maximum absolute atomic E-state index is 10.9. The first-order valence-electron chi connectivity index (χ1n) is 7.37. The summed E-state index contributed by atoms with van der Waals surface area (Å²) in [6, 6.07) is 0.309. The summed E-state index contributed by atoms with van der Waals surface area (Å²) in [6.07, 6.45) is 7.23. The van der Waals surface area contributed by atoms with Gasteiger partial charge in [-0.15, -0.1) is 0 Å². The van der Waals surface area contributed by atoms with Crippen LogP contribution in [-0.4, -0.2) is 12.5 Å². The number of rotatable bonds is 4. The molecule has 2 rings (SSSR count). The van der Waals surface area contributed by atoms with Crippen molar-refractivity contribution in [2.45, 2.75) is 58.9 Å². The Kier molecular flexibility index (Phi) is 3.84. The molecule has 2 fully saturated rings. The van der Waals surface area contributed by atoms with Crippen molar-refractivity contribution in [1.82, 2.24) is 5.32 Å². The van der Waals surface area contributed by atoms with Gasteiger partial charge >= 0.3 is 0 Å². The standard InChI is InChI=1S/C16H27NO/c1-11(2)15(17-10-18)13-7-9-16(4)8-5-6-12(3)14(13)16/h10-11,13-15H,3,5-9H2,1-2,4H3,(H,17,18)/t13-,14+,15+,16-/m1/s1. The molecule has 0 radical (unpaired) electrons. The topological polar surface area (TPSA) is 29.1 Å². The summed E-state index contributed by atoms with van der Waals surface area (Å²) in [5.41, 5.74) is 1.88. The highest BCUT2D eigenvalue weighted by Gasteiger charge is 2.50. The van der Waals surface area contributed by atoms with Gasteiger partial charge < -0.3 is 5.32 Å². The number of amides is 1. The minimum Gasteiger partial charge on any atom is -0.355 e. The van der Waals surface area contributed by atoms with Gasteiger partial charge in [0.2, 0.25) is 6.41 Å². The number of carbonyl (C=O) groups is 1. The highest BCUT2D eigenvalue weighted by molar-refractivity contribution is 5.47. The van der Waals surface area contributed by atoms with Crippen molar-refractivity contribution in [3.05, 3.63) is 12.2 Å². The van der Waals surface area contributed by atoms with Crippen molar-refractivity contribution in [3.8, 4) is 0 Å². The molecule has 2 aliphatic rings. The van der Waals surface area contributed by atoms with E-state index in [0.29, 0.717) is 29.2 Å². The zero-order valence-electron chi connectivity index (χ0n) is 12.0. The lowest BCUT2D eigenvalue weighted by Crippen LogP contribution is -2.44. The molecule has 0 heterocycles. The maximum atomic E-state index is 10.9. The molecule has 0 aromatic heterocycles. The second kappa shape index (κ2) is 5.07. The van der Waals surface area contributed by atoms with Crippen molar-refractivity contribution >= 4 is 6.41 Å². The van der Waals surface area contributed by atoms with Crippen molar-refractivity contribution in [1.29, 1.82) is 0 Å². The van der Waals surface area contributed by atoms with Gasteiger partial charge in [-0.05, 0) is 55.3 Å². The van der Waals surface area contributed by atoms with E-state index in [0.717, 1.165) is 6.41 Å². The summed E-state index contributed by atoms with van der Waals surface area (Å²) in [6.45, 7) is 11.2. The molecule has 0 aliphatic heterocycles. The Balaban J connectivity index is 2.23. The van der Waals surface area contributed by atoms with Gasteiger partial charge in [0.25, 0.3) is 0 Å². The molecule has 1 amide bonds. The quantitative estimate of drug-likeness (QED) is 0.599. The third kappa shape index (κ3) is 2.22. The first-order valence-corrected chi connectivity index (χ1v) is 7.37. The van der Waals surface area contributed by atoms with E-state index in [2.05, 4.69) is 32.7 Å². The van der Waals surface area contributed by atoms with Gasteiger partial charge in [0, 0.05) is 6.04 Å². The largest absolute Gasteiger partial charge is 0.355 e. The summed E-state index contributed by atoms with van der Waals surface area (Å²) in [7, 11) is 0. The van der Waals surface area contributed by atoms with Gasteiger partial charge in [0.15, 0.2) is 0 Å². The molecule has 1 N–H and O–H groups in total. The van der Waals surface area contributed by atoms with Gasteiger partial charge in [-0.3, -0.25) is 4.79 Å². The highest BCUT2D eigenvalue weighted by atomic mass is 16.1. The molecule has 0 saturated heterocycles. The van der Waals surface area contributed by atoms with Crippen molar-refractivity contribution in [2.24, 2.45) is 23.2 Å². The van der Waals surface area contributed by atoms with Crippen LogP contribution in [0.3, 0.4) is 0 Å². The number of carbonyl (C=O) groups excluding carboxylic acids is 1. The van der Waals surface area contributed by atoms with Crippen LogP contribution < -0.4 is 5.32 Å². The number of fused-ring (bicyclic) bond motifs is 1. The van der Waals surface area contributed by atoms with E-state index in [4.69, 9.17) is 0 Å². The first kappa shape index (κ1) is 13.6. The summed E-state index contributed by atoms with van der Waals surface area (Å²) in [4.78, 5) is 10.9. The van der Waals surface area contributed by atoms with E-state index < -0.39 is 0 Å². The second-order valence-electron chi connectivity index (χ2n) is 6.90. The predicted octanol–water partition coefficient (Wildman–Crippen LogP) is 3.53. The Bertz CT molecular complexity index is 336. The Morgan fingerprint density at radius 1 is 1.44 bits per heavy atom. The lowest BCUT2D eigenvalue weighted by atomic mass is 9.64. The molecule has 0 bridgehead atoms. The van der Waals surface area contributed by atoms with Crippen LogP contribution in [0.4, 0.5) is 0 Å². The zero-order valence-corrected chi connectivity index (χ0v) is 12.0. The monoisotopic (exact) mass is 249 g/mol. The van der Waals surface area contributed by atoms with Gasteiger partial charge in [0.1, 0.15) is 0 Å². The molecule has 2 heteroatoms. The third-order valence-corrected chi connectivity index (χ3v) is 5.35. The molecule has 0 unspecified atom stereocenters. The average molecular weight is 249 g/mol. The minimum absolute atomic E-state index is 0.309.